The first-order chi connectivity index (χ1) is 9.63. The Hall–Kier alpha value is -2.31. The van der Waals surface area contributed by atoms with E-state index in [2.05, 4.69) is 15.5 Å². The molecule has 1 aliphatic heterocycles. The molecule has 0 atom stereocenters. The number of nitrogens with one attached hydrogen (secondary N) is 1. The second-order valence-corrected chi connectivity index (χ2v) is 5.15. The van der Waals surface area contributed by atoms with Crippen LogP contribution in [0.2, 0.25) is 0 Å². The number of amides is 4. The van der Waals surface area contributed by atoms with Gasteiger partial charge in [0.1, 0.15) is 5.41 Å². The number of nitrogens with zero attached hydrogens (tertiary/aromatic N) is 3. The van der Waals surface area contributed by atoms with Gasteiger partial charge in [0, 0.05) is 6.20 Å². The van der Waals surface area contributed by atoms with Crippen molar-refractivity contribution in [1.29, 1.82) is 0 Å². The first-order valence-corrected chi connectivity index (χ1v) is 6.57. The summed E-state index contributed by atoms with van der Waals surface area (Å²) in [5.41, 5.74) is -0.547. The molecule has 7 nitrogen and oxygen atoms in total. The van der Waals surface area contributed by atoms with Crippen molar-refractivity contribution in [3.05, 3.63) is 24.0 Å². The van der Waals surface area contributed by atoms with Crippen molar-refractivity contribution in [2.45, 2.75) is 32.2 Å². The first kappa shape index (κ1) is 12.7. The highest BCUT2D eigenvalue weighted by Gasteiger charge is 2.54. The van der Waals surface area contributed by atoms with E-state index in [0.717, 1.165) is 17.7 Å². The van der Waals surface area contributed by atoms with E-state index in [1.165, 1.54) is 6.20 Å². The van der Waals surface area contributed by atoms with Crippen LogP contribution in [0.5, 0.6) is 0 Å². The molecule has 0 radical (unpaired) electrons. The topological polar surface area (TPSA) is 92.3 Å². The van der Waals surface area contributed by atoms with Crippen molar-refractivity contribution >= 4 is 17.8 Å². The molecule has 1 aliphatic carbocycles. The monoisotopic (exact) mass is 274 g/mol. The quantitative estimate of drug-likeness (QED) is 0.798. The Labute approximate surface area is 115 Å². The van der Waals surface area contributed by atoms with Crippen molar-refractivity contribution in [3.8, 4) is 0 Å². The predicted molar refractivity (Wildman–Crippen MR) is 67.0 cm³/mol. The van der Waals surface area contributed by atoms with E-state index in [0.29, 0.717) is 18.5 Å². The van der Waals surface area contributed by atoms with Gasteiger partial charge in [-0.05, 0) is 25.0 Å². The number of urea groups is 1. The fourth-order valence-electron chi connectivity index (χ4n) is 2.87. The van der Waals surface area contributed by atoms with Crippen molar-refractivity contribution in [2.75, 3.05) is 0 Å². The Kier molecular flexibility index (Phi) is 2.96. The first-order valence-electron chi connectivity index (χ1n) is 6.57. The van der Waals surface area contributed by atoms with Gasteiger partial charge in [-0.1, -0.05) is 12.8 Å². The van der Waals surface area contributed by atoms with Gasteiger partial charge in [0.2, 0.25) is 11.8 Å². The third-order valence-electron chi connectivity index (χ3n) is 3.96. The number of aromatic nitrogens is 2. The van der Waals surface area contributed by atoms with Gasteiger partial charge in [-0.25, -0.2) is 4.79 Å². The molecule has 1 aromatic heterocycles. The van der Waals surface area contributed by atoms with E-state index in [9.17, 15) is 14.4 Å². The lowest BCUT2D eigenvalue weighted by Gasteiger charge is -2.36. The number of carbonyl (C=O) groups excluding carboxylic acids is 3. The summed E-state index contributed by atoms with van der Waals surface area (Å²) < 4.78 is 0. The molecule has 0 aromatic carbocycles. The molecule has 2 heterocycles. The fourth-order valence-corrected chi connectivity index (χ4v) is 2.87. The summed E-state index contributed by atoms with van der Waals surface area (Å²) in [7, 11) is 0. The van der Waals surface area contributed by atoms with Crippen LogP contribution in [0.1, 0.15) is 31.4 Å². The maximum atomic E-state index is 12.6. The van der Waals surface area contributed by atoms with Crippen LogP contribution < -0.4 is 5.32 Å². The second-order valence-electron chi connectivity index (χ2n) is 5.15. The Morgan fingerprint density at radius 3 is 2.65 bits per heavy atom. The van der Waals surface area contributed by atoms with Gasteiger partial charge in [-0.2, -0.15) is 10.2 Å². The SMILES string of the molecule is O=C1NC(=O)C2(CCCC2)C(=O)N1Cc1cccnn1. The summed E-state index contributed by atoms with van der Waals surface area (Å²) in [4.78, 5) is 37.6. The summed E-state index contributed by atoms with van der Waals surface area (Å²) in [6.07, 6.45) is 4.17. The Bertz CT molecular complexity index is 566. The minimum absolute atomic E-state index is 0.0353. The molecule has 1 N–H and O–H groups in total. The van der Waals surface area contributed by atoms with Crippen molar-refractivity contribution in [1.82, 2.24) is 20.4 Å². The van der Waals surface area contributed by atoms with E-state index in [1.54, 1.807) is 12.1 Å². The molecule has 2 aliphatic rings. The molecule has 1 spiro atoms. The zero-order valence-electron chi connectivity index (χ0n) is 10.8. The van der Waals surface area contributed by atoms with Crippen LogP contribution in [0.15, 0.2) is 18.3 Å². The molecule has 2 fully saturated rings. The van der Waals surface area contributed by atoms with Crippen LogP contribution in [-0.4, -0.2) is 32.9 Å². The molecule has 1 saturated carbocycles. The molecule has 3 rings (SSSR count). The van der Waals surface area contributed by atoms with E-state index in [1.807, 2.05) is 0 Å². The summed E-state index contributed by atoms with van der Waals surface area (Å²) in [6, 6.07) is 2.69. The van der Waals surface area contributed by atoms with Crippen LogP contribution >= 0.6 is 0 Å². The average Bonchev–Trinajstić information content (AvgIpc) is 2.94. The fraction of sp³-hybridized carbons (Fsp3) is 0.462. The van der Waals surface area contributed by atoms with Gasteiger partial charge in [0.05, 0.1) is 12.2 Å². The number of rotatable bonds is 2. The van der Waals surface area contributed by atoms with Gasteiger partial charge in [0.15, 0.2) is 0 Å². The number of hydrogen-bond acceptors (Lipinski definition) is 5. The van der Waals surface area contributed by atoms with E-state index >= 15 is 0 Å². The molecule has 20 heavy (non-hydrogen) atoms. The van der Waals surface area contributed by atoms with Gasteiger partial charge < -0.3 is 0 Å². The maximum Gasteiger partial charge on any atom is 0.331 e. The molecular weight excluding hydrogens is 260 g/mol. The third-order valence-corrected chi connectivity index (χ3v) is 3.96. The summed E-state index contributed by atoms with van der Waals surface area (Å²) in [5.74, 6) is -0.866. The highest BCUT2D eigenvalue weighted by molar-refractivity contribution is 6.19. The van der Waals surface area contributed by atoms with Crippen LogP contribution in [0, 0.1) is 5.41 Å². The number of hydrogen-bond donors (Lipinski definition) is 1. The minimum Gasteiger partial charge on any atom is -0.277 e. The Balaban J connectivity index is 1.88. The van der Waals surface area contributed by atoms with E-state index in [-0.39, 0.29) is 6.54 Å². The zero-order chi connectivity index (χ0) is 14.2. The van der Waals surface area contributed by atoms with E-state index in [4.69, 9.17) is 0 Å². The molecular formula is C13H14N4O3. The lowest BCUT2D eigenvalue weighted by Crippen LogP contribution is -2.62. The van der Waals surface area contributed by atoms with Gasteiger partial charge in [0.25, 0.3) is 0 Å². The van der Waals surface area contributed by atoms with Gasteiger partial charge in [-0.3, -0.25) is 19.8 Å². The molecule has 104 valence electrons. The van der Waals surface area contributed by atoms with Crippen molar-refractivity contribution in [3.63, 3.8) is 0 Å². The number of carbonyl (C=O) groups is 3. The van der Waals surface area contributed by atoms with Crippen LogP contribution in [0.3, 0.4) is 0 Å². The largest absolute Gasteiger partial charge is 0.331 e. The van der Waals surface area contributed by atoms with Crippen LogP contribution in [0.4, 0.5) is 4.79 Å². The third kappa shape index (κ3) is 1.86. The van der Waals surface area contributed by atoms with Crippen molar-refractivity contribution < 1.29 is 14.4 Å². The van der Waals surface area contributed by atoms with Crippen molar-refractivity contribution in [2.24, 2.45) is 5.41 Å². The number of imide groups is 2. The maximum absolute atomic E-state index is 12.6. The van der Waals surface area contributed by atoms with Crippen LogP contribution in [-0.2, 0) is 16.1 Å². The zero-order valence-corrected chi connectivity index (χ0v) is 10.8. The summed E-state index contributed by atoms with van der Waals surface area (Å²) in [6.45, 7) is 0.0353. The Morgan fingerprint density at radius 2 is 2.00 bits per heavy atom. The van der Waals surface area contributed by atoms with E-state index < -0.39 is 23.3 Å². The predicted octanol–water partition coefficient (Wildman–Crippen LogP) is 0.615. The summed E-state index contributed by atoms with van der Waals surface area (Å²) in [5, 5.41) is 9.88. The lowest BCUT2D eigenvalue weighted by atomic mass is 9.82. The smallest absolute Gasteiger partial charge is 0.277 e. The van der Waals surface area contributed by atoms with Gasteiger partial charge in [-0.15, -0.1) is 0 Å². The second kappa shape index (κ2) is 4.66. The number of barbiturate groups is 1. The lowest BCUT2D eigenvalue weighted by molar-refractivity contribution is -0.151. The molecule has 1 aromatic rings. The normalized spacial score (nSPS) is 21.4. The van der Waals surface area contributed by atoms with Gasteiger partial charge >= 0.3 is 6.03 Å². The Morgan fingerprint density at radius 1 is 1.25 bits per heavy atom. The average molecular weight is 274 g/mol. The molecule has 7 heteroatoms. The standard InChI is InChI=1S/C13H14N4O3/c18-10-13(5-1-2-6-13)11(19)17(12(20)15-10)8-9-4-3-7-14-16-9/h3-4,7H,1-2,5-6,8H2,(H,15,18,20). The minimum atomic E-state index is -1.06. The molecule has 1 saturated heterocycles. The molecule has 0 unspecified atom stereocenters. The highest BCUT2D eigenvalue weighted by atomic mass is 16.2. The molecule has 0 bridgehead atoms. The van der Waals surface area contributed by atoms with Crippen LogP contribution in [0.25, 0.3) is 0 Å². The summed E-state index contributed by atoms with van der Waals surface area (Å²) >= 11 is 0. The highest BCUT2D eigenvalue weighted by Crippen LogP contribution is 2.41. The molecule has 4 amide bonds.